The van der Waals surface area contributed by atoms with Gasteiger partial charge in [0.05, 0.1) is 17.7 Å². The van der Waals surface area contributed by atoms with E-state index in [-0.39, 0.29) is 63.0 Å². The number of aromatic nitrogens is 1. The summed E-state index contributed by atoms with van der Waals surface area (Å²) in [5.41, 5.74) is 0.463. The average molecular weight is 641 g/mol. The van der Waals surface area contributed by atoms with Crippen molar-refractivity contribution in [3.05, 3.63) is 71.1 Å². The van der Waals surface area contributed by atoms with Crippen molar-refractivity contribution in [2.24, 2.45) is 0 Å². The van der Waals surface area contributed by atoms with E-state index in [1.807, 2.05) is 24.3 Å². The van der Waals surface area contributed by atoms with E-state index < -0.39 is 38.3 Å². The SMILES string of the molecule is C.CN(C(=O)CCc1cccc(F)c1Cl)[C@@H](CCC(=O)NCCOP(=O)(O)O)COC(=O)Nc1cc2ccccc2cn1. The third-order valence-corrected chi connectivity index (χ3v) is 7.18. The van der Waals surface area contributed by atoms with Crippen LogP contribution >= 0.6 is 19.4 Å². The van der Waals surface area contributed by atoms with Crippen LogP contribution in [0.15, 0.2) is 54.7 Å². The number of nitrogens with zero attached hydrogens (tertiary/aromatic N) is 2. The first-order chi connectivity index (χ1) is 19.9. The van der Waals surface area contributed by atoms with Crippen molar-refractivity contribution in [1.82, 2.24) is 15.2 Å². The van der Waals surface area contributed by atoms with E-state index in [0.717, 1.165) is 10.8 Å². The van der Waals surface area contributed by atoms with Crippen LogP contribution in [0.2, 0.25) is 5.02 Å². The molecule has 3 rings (SSSR count). The summed E-state index contributed by atoms with van der Waals surface area (Å²) in [4.78, 5) is 60.8. The first kappa shape index (κ1) is 35.6. The molecule has 0 aliphatic rings. The van der Waals surface area contributed by atoms with Crippen molar-refractivity contribution in [1.29, 1.82) is 0 Å². The van der Waals surface area contributed by atoms with Gasteiger partial charge in [-0.2, -0.15) is 0 Å². The summed E-state index contributed by atoms with van der Waals surface area (Å²) >= 11 is 6.00. The van der Waals surface area contributed by atoms with Gasteiger partial charge in [0.25, 0.3) is 0 Å². The number of hydrogen-bond donors (Lipinski definition) is 4. The zero-order valence-corrected chi connectivity index (χ0v) is 24.3. The average Bonchev–Trinajstić information content (AvgIpc) is 2.95. The molecule has 1 atom stereocenters. The number of likely N-dealkylation sites (N-methyl/N-ethyl adjacent to an activating group) is 1. The third-order valence-electron chi connectivity index (χ3n) is 6.24. The highest BCUT2D eigenvalue weighted by atomic mass is 35.5. The number of phosphoric ester groups is 1. The maximum Gasteiger partial charge on any atom is 0.469 e. The third kappa shape index (κ3) is 11.9. The molecule has 0 saturated heterocycles. The molecule has 0 aliphatic heterocycles. The van der Waals surface area contributed by atoms with Gasteiger partial charge >= 0.3 is 13.9 Å². The smallest absolute Gasteiger partial charge is 0.447 e. The fraction of sp³-hybridized carbons (Fsp3) is 0.357. The second-order valence-corrected chi connectivity index (χ2v) is 10.8. The number of carbonyl (C=O) groups excluding carboxylic acids is 3. The number of pyridine rings is 1. The van der Waals surface area contributed by atoms with E-state index in [4.69, 9.17) is 26.1 Å². The van der Waals surface area contributed by atoms with Crippen LogP contribution in [-0.2, 0) is 29.8 Å². The number of ether oxygens (including phenoxy) is 1. The van der Waals surface area contributed by atoms with Crippen molar-refractivity contribution >= 4 is 53.9 Å². The van der Waals surface area contributed by atoms with Crippen molar-refractivity contribution in [2.75, 3.05) is 32.1 Å². The second-order valence-electron chi connectivity index (χ2n) is 9.22. The molecule has 1 heterocycles. The van der Waals surface area contributed by atoms with Gasteiger partial charge in [-0.25, -0.2) is 18.7 Å². The molecule has 15 heteroatoms. The summed E-state index contributed by atoms with van der Waals surface area (Å²) in [7, 11) is -3.16. The van der Waals surface area contributed by atoms with Crippen LogP contribution in [0.5, 0.6) is 0 Å². The topological polar surface area (TPSA) is 167 Å². The minimum Gasteiger partial charge on any atom is -0.447 e. The molecule has 0 bridgehead atoms. The number of phosphoric acid groups is 1. The number of amides is 3. The molecule has 0 saturated carbocycles. The number of nitrogens with one attached hydrogen (secondary N) is 2. The van der Waals surface area contributed by atoms with Gasteiger partial charge in [0.2, 0.25) is 11.8 Å². The summed E-state index contributed by atoms with van der Waals surface area (Å²) < 4.78 is 34.2. The van der Waals surface area contributed by atoms with Gasteiger partial charge in [0, 0.05) is 38.0 Å². The van der Waals surface area contributed by atoms with E-state index in [9.17, 15) is 23.3 Å². The van der Waals surface area contributed by atoms with Gasteiger partial charge in [-0.05, 0) is 35.9 Å². The first-order valence-corrected chi connectivity index (χ1v) is 14.8. The van der Waals surface area contributed by atoms with Gasteiger partial charge in [-0.1, -0.05) is 55.4 Å². The molecule has 234 valence electrons. The number of hydrogen-bond acceptors (Lipinski definition) is 7. The summed E-state index contributed by atoms with van der Waals surface area (Å²) in [6, 6.07) is 12.8. The van der Waals surface area contributed by atoms with Gasteiger partial charge in [0.15, 0.2) is 0 Å². The summed E-state index contributed by atoms with van der Waals surface area (Å²) in [5.74, 6) is -1.14. The molecule has 0 unspecified atom stereocenters. The lowest BCUT2D eigenvalue weighted by Gasteiger charge is -2.28. The molecular formula is C28H35ClFN4O8P. The van der Waals surface area contributed by atoms with E-state index >= 15 is 0 Å². The van der Waals surface area contributed by atoms with Crippen LogP contribution in [0.1, 0.15) is 32.3 Å². The quantitative estimate of drug-likeness (QED) is 0.144. The molecule has 0 fully saturated rings. The fourth-order valence-electron chi connectivity index (χ4n) is 3.96. The first-order valence-electron chi connectivity index (χ1n) is 12.9. The lowest BCUT2D eigenvalue weighted by atomic mass is 10.1. The Morgan fingerprint density at radius 1 is 1.12 bits per heavy atom. The molecule has 1 aromatic heterocycles. The number of anilines is 1. The van der Waals surface area contributed by atoms with Crippen LogP contribution in [-0.4, -0.2) is 70.4 Å². The van der Waals surface area contributed by atoms with E-state index in [1.54, 1.807) is 18.3 Å². The van der Waals surface area contributed by atoms with Gasteiger partial charge in [-0.3, -0.25) is 19.4 Å². The second kappa shape index (κ2) is 16.9. The standard InChI is InChI=1S/C27H31ClFN4O8P.CH4/c1-33(25(35)12-9-18-7-4-8-22(29)26(18)28)21(10-11-24(34)30-13-14-41-42(37,38)39)17-40-27(36)32-23-15-19-5-2-3-6-20(19)16-31-23;/h2-8,15-16,21H,9-14,17H2,1H3,(H,30,34)(H,31,32,36)(H2,37,38,39);1H4/t21-;/m0./s1. The Hall–Kier alpha value is -3.61. The zero-order valence-electron chi connectivity index (χ0n) is 22.7. The van der Waals surface area contributed by atoms with E-state index in [1.165, 1.54) is 24.1 Å². The Balaban J connectivity index is 0.00000645. The molecule has 0 aliphatic carbocycles. The Morgan fingerprint density at radius 3 is 2.56 bits per heavy atom. The Morgan fingerprint density at radius 2 is 1.84 bits per heavy atom. The zero-order chi connectivity index (χ0) is 30.7. The Bertz CT molecular complexity index is 1460. The molecule has 3 amide bonds. The van der Waals surface area contributed by atoms with Crippen LogP contribution in [0.25, 0.3) is 10.8 Å². The molecule has 0 radical (unpaired) electrons. The molecule has 2 aromatic carbocycles. The predicted molar refractivity (Wildman–Crippen MR) is 160 cm³/mol. The summed E-state index contributed by atoms with van der Waals surface area (Å²) in [6.07, 6.45) is 0.945. The fourth-order valence-corrected chi connectivity index (χ4v) is 4.51. The molecular weight excluding hydrogens is 606 g/mol. The lowest BCUT2D eigenvalue weighted by Crippen LogP contribution is -2.42. The molecule has 4 N–H and O–H groups in total. The van der Waals surface area contributed by atoms with Crippen LogP contribution in [0.3, 0.4) is 0 Å². The van der Waals surface area contributed by atoms with Crippen molar-refractivity contribution < 1.29 is 42.4 Å². The van der Waals surface area contributed by atoms with Gasteiger partial charge in [0.1, 0.15) is 18.2 Å². The maximum atomic E-state index is 13.8. The summed E-state index contributed by atoms with van der Waals surface area (Å²) in [6.45, 7) is -0.793. The van der Waals surface area contributed by atoms with Crippen molar-refractivity contribution in [3.8, 4) is 0 Å². The number of aryl methyl sites for hydroxylation is 1. The number of fused-ring (bicyclic) bond motifs is 1. The lowest BCUT2D eigenvalue weighted by molar-refractivity contribution is -0.133. The summed E-state index contributed by atoms with van der Waals surface area (Å²) in [5, 5.41) is 6.69. The molecule has 43 heavy (non-hydrogen) atoms. The minimum absolute atomic E-state index is 0. The Labute approximate surface area is 253 Å². The van der Waals surface area contributed by atoms with E-state index in [2.05, 4.69) is 20.1 Å². The molecule has 3 aromatic rings. The highest BCUT2D eigenvalue weighted by Gasteiger charge is 2.23. The monoisotopic (exact) mass is 640 g/mol. The van der Waals surface area contributed by atoms with Crippen LogP contribution < -0.4 is 10.6 Å². The van der Waals surface area contributed by atoms with Gasteiger partial charge < -0.3 is 24.7 Å². The normalized spacial score (nSPS) is 11.7. The Kier molecular flexibility index (Phi) is 14.0. The van der Waals surface area contributed by atoms with Crippen molar-refractivity contribution in [3.63, 3.8) is 0 Å². The highest BCUT2D eigenvalue weighted by Crippen LogP contribution is 2.35. The number of rotatable bonds is 14. The highest BCUT2D eigenvalue weighted by molar-refractivity contribution is 7.46. The molecule has 0 spiro atoms. The number of halogens is 2. The number of benzene rings is 2. The van der Waals surface area contributed by atoms with Crippen molar-refractivity contribution in [2.45, 2.75) is 39.2 Å². The number of carbonyl (C=O) groups is 3. The van der Waals surface area contributed by atoms with E-state index in [0.29, 0.717) is 5.56 Å². The maximum absolute atomic E-state index is 13.8. The van der Waals surface area contributed by atoms with Crippen LogP contribution in [0.4, 0.5) is 15.0 Å². The molecule has 12 nitrogen and oxygen atoms in total. The predicted octanol–water partition coefficient (Wildman–Crippen LogP) is 4.68. The van der Waals surface area contributed by atoms with Crippen LogP contribution in [0, 0.1) is 5.82 Å². The largest absolute Gasteiger partial charge is 0.469 e. The minimum atomic E-state index is -4.66. The van der Waals surface area contributed by atoms with Gasteiger partial charge in [-0.15, -0.1) is 0 Å².